The zero-order valence-corrected chi connectivity index (χ0v) is 19.5. The van der Waals surface area contributed by atoms with E-state index in [9.17, 15) is 4.79 Å². The highest BCUT2D eigenvalue weighted by Crippen LogP contribution is 2.22. The highest BCUT2D eigenvalue weighted by Gasteiger charge is 2.10. The van der Waals surface area contributed by atoms with Crippen LogP contribution in [-0.4, -0.2) is 24.2 Å². The third-order valence-corrected chi connectivity index (χ3v) is 5.86. The molecule has 0 unspecified atom stereocenters. The molecule has 2 aromatic carbocycles. The van der Waals surface area contributed by atoms with Crippen molar-refractivity contribution >= 4 is 5.97 Å². The first-order valence-corrected chi connectivity index (χ1v) is 11.7. The molecule has 2 aromatic rings. The van der Waals surface area contributed by atoms with Crippen molar-refractivity contribution in [1.29, 1.82) is 0 Å². The van der Waals surface area contributed by atoms with E-state index < -0.39 is 5.97 Å². The summed E-state index contributed by atoms with van der Waals surface area (Å²) in [6, 6.07) is 14.9. The van der Waals surface area contributed by atoms with Crippen LogP contribution in [0.1, 0.15) is 67.7 Å². The van der Waals surface area contributed by atoms with Crippen molar-refractivity contribution in [2.45, 2.75) is 72.3 Å². The molecule has 0 saturated heterocycles. The van der Waals surface area contributed by atoms with Gasteiger partial charge in [0.05, 0.1) is 13.0 Å². The second kappa shape index (κ2) is 13.9. The summed E-state index contributed by atoms with van der Waals surface area (Å²) in [5.41, 5.74) is 5.34. The summed E-state index contributed by atoms with van der Waals surface area (Å²) in [7, 11) is 0. The number of carboxylic acids is 1. The molecule has 0 fully saturated rings. The van der Waals surface area contributed by atoms with E-state index in [1.807, 2.05) is 24.3 Å². The number of carbonyl (C=O) groups is 1. The minimum absolute atomic E-state index is 0.143. The Morgan fingerprint density at radius 3 is 2.39 bits per heavy atom. The summed E-state index contributed by atoms with van der Waals surface area (Å²) in [4.78, 5) is 10.5. The SMILES string of the molecule is CCCC[C@H](CCCOc1ccc(CNCCC(=O)O)cc1)Cc1ccc(C)c(C)c1. The van der Waals surface area contributed by atoms with Crippen LogP contribution in [0.3, 0.4) is 0 Å². The quantitative estimate of drug-likeness (QED) is 0.340. The van der Waals surface area contributed by atoms with Gasteiger partial charge >= 0.3 is 5.97 Å². The predicted molar refractivity (Wildman–Crippen MR) is 128 cm³/mol. The molecule has 170 valence electrons. The second-order valence-corrected chi connectivity index (χ2v) is 8.59. The van der Waals surface area contributed by atoms with Crippen LogP contribution in [0.25, 0.3) is 0 Å². The zero-order chi connectivity index (χ0) is 22.5. The Kier molecular flexibility index (Phi) is 11.2. The van der Waals surface area contributed by atoms with Gasteiger partial charge in [0, 0.05) is 13.1 Å². The molecule has 4 nitrogen and oxygen atoms in total. The van der Waals surface area contributed by atoms with Gasteiger partial charge in [-0.25, -0.2) is 0 Å². The molecule has 0 radical (unpaired) electrons. The molecule has 0 bridgehead atoms. The number of unbranched alkanes of at least 4 members (excludes halogenated alkanes) is 1. The molecule has 2 N–H and O–H groups in total. The Morgan fingerprint density at radius 1 is 1.00 bits per heavy atom. The summed E-state index contributed by atoms with van der Waals surface area (Å²) in [5.74, 6) is 0.834. The number of rotatable bonds is 15. The van der Waals surface area contributed by atoms with E-state index in [1.54, 1.807) is 0 Å². The Balaban J connectivity index is 1.73. The number of aryl methyl sites for hydroxylation is 2. The second-order valence-electron chi connectivity index (χ2n) is 8.59. The van der Waals surface area contributed by atoms with Gasteiger partial charge in [-0.05, 0) is 73.4 Å². The molecule has 0 spiro atoms. The van der Waals surface area contributed by atoms with Gasteiger partial charge in [0.15, 0.2) is 0 Å². The summed E-state index contributed by atoms with van der Waals surface area (Å²) in [6.45, 7) is 8.53. The number of benzene rings is 2. The molecule has 1 atom stereocenters. The lowest BCUT2D eigenvalue weighted by Gasteiger charge is -2.18. The fraction of sp³-hybridized carbons (Fsp3) is 0.519. The lowest BCUT2D eigenvalue weighted by Crippen LogP contribution is -2.17. The topological polar surface area (TPSA) is 58.6 Å². The molecule has 2 rings (SSSR count). The van der Waals surface area contributed by atoms with Gasteiger partial charge in [-0.2, -0.15) is 0 Å². The largest absolute Gasteiger partial charge is 0.494 e. The van der Waals surface area contributed by atoms with Gasteiger partial charge < -0.3 is 15.2 Å². The summed E-state index contributed by atoms with van der Waals surface area (Å²) in [6.07, 6.45) is 7.38. The maximum Gasteiger partial charge on any atom is 0.304 e. The lowest BCUT2D eigenvalue weighted by atomic mass is 9.89. The van der Waals surface area contributed by atoms with Crippen LogP contribution in [0.4, 0.5) is 0 Å². The number of aliphatic carboxylic acids is 1. The summed E-state index contributed by atoms with van der Waals surface area (Å²) < 4.78 is 5.96. The number of hydrogen-bond donors (Lipinski definition) is 2. The van der Waals surface area contributed by atoms with E-state index in [1.165, 1.54) is 42.4 Å². The molecule has 0 amide bonds. The summed E-state index contributed by atoms with van der Waals surface area (Å²) in [5, 5.41) is 11.8. The van der Waals surface area contributed by atoms with E-state index >= 15 is 0 Å². The molecular weight excluding hydrogens is 386 g/mol. The van der Waals surface area contributed by atoms with Crippen LogP contribution >= 0.6 is 0 Å². The van der Waals surface area contributed by atoms with E-state index in [0.29, 0.717) is 19.0 Å². The molecule has 0 saturated carbocycles. The first-order chi connectivity index (χ1) is 15.0. The van der Waals surface area contributed by atoms with Gasteiger partial charge in [-0.15, -0.1) is 0 Å². The van der Waals surface area contributed by atoms with Crippen molar-refractivity contribution in [2.24, 2.45) is 5.92 Å². The molecule has 0 heterocycles. The Bertz CT molecular complexity index is 786. The minimum atomic E-state index is -0.776. The van der Waals surface area contributed by atoms with E-state index in [-0.39, 0.29) is 6.42 Å². The van der Waals surface area contributed by atoms with Gasteiger partial charge in [0.2, 0.25) is 0 Å². The van der Waals surface area contributed by atoms with Crippen molar-refractivity contribution in [3.05, 3.63) is 64.7 Å². The maximum atomic E-state index is 10.5. The molecule has 0 aliphatic carbocycles. The fourth-order valence-corrected chi connectivity index (χ4v) is 3.80. The van der Waals surface area contributed by atoms with Crippen LogP contribution < -0.4 is 10.1 Å². The van der Waals surface area contributed by atoms with Crippen molar-refractivity contribution < 1.29 is 14.6 Å². The monoisotopic (exact) mass is 425 g/mol. The van der Waals surface area contributed by atoms with Crippen molar-refractivity contribution in [2.75, 3.05) is 13.2 Å². The van der Waals surface area contributed by atoms with E-state index in [2.05, 4.69) is 44.3 Å². The highest BCUT2D eigenvalue weighted by atomic mass is 16.5. The standard InChI is InChI=1S/C27H39NO3/c1-4-5-7-23(19-25-10-9-21(2)22(3)18-25)8-6-17-31-26-13-11-24(12-14-26)20-28-16-15-27(29)30/h9-14,18,23,28H,4-8,15-17,19-20H2,1-3H3,(H,29,30)/t23-/m1/s1. The number of hydrogen-bond acceptors (Lipinski definition) is 3. The Morgan fingerprint density at radius 2 is 1.71 bits per heavy atom. The van der Waals surface area contributed by atoms with Crippen LogP contribution in [0.15, 0.2) is 42.5 Å². The molecule has 31 heavy (non-hydrogen) atoms. The van der Waals surface area contributed by atoms with Crippen molar-refractivity contribution in [3.63, 3.8) is 0 Å². The van der Waals surface area contributed by atoms with Gasteiger partial charge in [-0.3, -0.25) is 4.79 Å². The smallest absolute Gasteiger partial charge is 0.304 e. The molecule has 0 aliphatic heterocycles. The first-order valence-electron chi connectivity index (χ1n) is 11.7. The van der Waals surface area contributed by atoms with E-state index in [0.717, 1.165) is 30.8 Å². The maximum absolute atomic E-state index is 10.5. The van der Waals surface area contributed by atoms with Gasteiger partial charge in [-0.1, -0.05) is 56.5 Å². The Hall–Kier alpha value is -2.33. The number of ether oxygens (including phenoxy) is 1. The third kappa shape index (κ3) is 10.0. The summed E-state index contributed by atoms with van der Waals surface area (Å²) >= 11 is 0. The molecule has 0 aliphatic rings. The van der Waals surface area contributed by atoms with Crippen LogP contribution in [-0.2, 0) is 17.8 Å². The van der Waals surface area contributed by atoms with Crippen LogP contribution in [0.2, 0.25) is 0 Å². The van der Waals surface area contributed by atoms with Gasteiger partial charge in [0.1, 0.15) is 5.75 Å². The normalized spacial score (nSPS) is 12.0. The first kappa shape index (κ1) is 24.9. The van der Waals surface area contributed by atoms with Crippen molar-refractivity contribution in [1.82, 2.24) is 5.32 Å². The average molecular weight is 426 g/mol. The van der Waals surface area contributed by atoms with Crippen LogP contribution in [0.5, 0.6) is 5.75 Å². The minimum Gasteiger partial charge on any atom is -0.494 e. The van der Waals surface area contributed by atoms with Crippen LogP contribution in [0, 0.1) is 19.8 Å². The predicted octanol–water partition coefficient (Wildman–Crippen LogP) is 6.08. The third-order valence-electron chi connectivity index (χ3n) is 5.86. The van der Waals surface area contributed by atoms with Crippen molar-refractivity contribution in [3.8, 4) is 5.75 Å². The fourth-order valence-electron chi connectivity index (χ4n) is 3.80. The highest BCUT2D eigenvalue weighted by molar-refractivity contribution is 5.66. The number of carboxylic acid groups (broad SMARTS) is 1. The molecular formula is C27H39NO3. The number of nitrogens with one attached hydrogen (secondary N) is 1. The van der Waals surface area contributed by atoms with E-state index in [4.69, 9.17) is 9.84 Å². The molecule has 4 heteroatoms. The lowest BCUT2D eigenvalue weighted by molar-refractivity contribution is -0.136. The van der Waals surface area contributed by atoms with Gasteiger partial charge in [0.25, 0.3) is 0 Å². The molecule has 0 aromatic heterocycles. The Labute approximate surface area is 188 Å². The average Bonchev–Trinajstić information content (AvgIpc) is 2.75. The zero-order valence-electron chi connectivity index (χ0n) is 19.5.